The van der Waals surface area contributed by atoms with Crippen molar-refractivity contribution in [1.82, 2.24) is 0 Å². The summed E-state index contributed by atoms with van der Waals surface area (Å²) < 4.78 is 6.67. The quantitative estimate of drug-likeness (QED) is 0.491. The van der Waals surface area contributed by atoms with Gasteiger partial charge in [0, 0.05) is 20.2 Å². The van der Waals surface area contributed by atoms with Crippen molar-refractivity contribution in [2.75, 3.05) is 0 Å². The van der Waals surface area contributed by atoms with Gasteiger partial charge in [-0.2, -0.15) is 0 Å². The van der Waals surface area contributed by atoms with E-state index in [0.29, 0.717) is 20.8 Å². The maximum absolute atomic E-state index is 6.04. The molecule has 0 saturated heterocycles. The van der Waals surface area contributed by atoms with Gasteiger partial charge in [0.15, 0.2) is 0 Å². The van der Waals surface area contributed by atoms with E-state index >= 15 is 0 Å². The minimum Gasteiger partial charge on any atom is -0.488 e. The Bertz CT molecular complexity index is 382. The van der Waals surface area contributed by atoms with E-state index in [2.05, 4.69) is 62.8 Å². The smallest absolute Gasteiger partial charge is 0.123 e. The number of benzene rings is 1. The zero-order chi connectivity index (χ0) is 10.4. The standard InChI is InChI=1S/C12H12BrIO/c13-7-5-9-8-3-1-2-4-11(8)15-12(9)10(14)6-7/h1-4,7,9-10,12H,5-6H2. The molecule has 1 aliphatic heterocycles. The summed E-state index contributed by atoms with van der Waals surface area (Å²) in [6, 6.07) is 8.49. The van der Waals surface area contributed by atoms with Crippen molar-refractivity contribution in [1.29, 1.82) is 0 Å². The second-order valence-corrected chi connectivity index (χ2v) is 7.21. The largest absolute Gasteiger partial charge is 0.488 e. The number of halogens is 2. The number of fused-ring (bicyclic) bond motifs is 3. The predicted molar refractivity (Wildman–Crippen MR) is 73.4 cm³/mol. The molecular formula is C12H12BrIO. The molecule has 15 heavy (non-hydrogen) atoms. The molecule has 1 aromatic rings. The molecule has 0 amide bonds. The zero-order valence-corrected chi connectivity index (χ0v) is 11.9. The second-order valence-electron chi connectivity index (χ2n) is 4.31. The van der Waals surface area contributed by atoms with Crippen molar-refractivity contribution >= 4 is 38.5 Å². The third kappa shape index (κ3) is 1.71. The van der Waals surface area contributed by atoms with Crippen LogP contribution in [0.2, 0.25) is 0 Å². The topological polar surface area (TPSA) is 9.23 Å². The van der Waals surface area contributed by atoms with Gasteiger partial charge in [0.2, 0.25) is 0 Å². The summed E-state index contributed by atoms with van der Waals surface area (Å²) in [5, 5.41) is 0. The Hall–Kier alpha value is 0.230. The van der Waals surface area contributed by atoms with Crippen LogP contribution in [0.15, 0.2) is 24.3 Å². The summed E-state index contributed by atoms with van der Waals surface area (Å²) in [5.74, 6) is 1.71. The summed E-state index contributed by atoms with van der Waals surface area (Å²) >= 11 is 6.29. The van der Waals surface area contributed by atoms with E-state index in [1.54, 1.807) is 0 Å². The SMILES string of the molecule is BrC1CC(I)C2Oc3ccccc3C2C1. The summed E-state index contributed by atoms with van der Waals surface area (Å²) in [5.41, 5.74) is 1.41. The van der Waals surface area contributed by atoms with Crippen molar-refractivity contribution in [3.8, 4) is 5.75 Å². The molecule has 1 fully saturated rings. The van der Waals surface area contributed by atoms with E-state index in [9.17, 15) is 0 Å². The molecular weight excluding hydrogens is 367 g/mol. The van der Waals surface area contributed by atoms with Gasteiger partial charge >= 0.3 is 0 Å². The highest BCUT2D eigenvalue weighted by Gasteiger charge is 2.43. The van der Waals surface area contributed by atoms with E-state index in [4.69, 9.17) is 4.74 Å². The minimum atomic E-state index is 0.400. The van der Waals surface area contributed by atoms with E-state index < -0.39 is 0 Å². The van der Waals surface area contributed by atoms with Gasteiger partial charge in [0.25, 0.3) is 0 Å². The average Bonchev–Trinajstić information content (AvgIpc) is 2.57. The number of hydrogen-bond donors (Lipinski definition) is 0. The lowest BCUT2D eigenvalue weighted by Gasteiger charge is -2.32. The molecule has 2 aliphatic rings. The van der Waals surface area contributed by atoms with Crippen molar-refractivity contribution in [2.45, 2.75) is 33.6 Å². The highest BCUT2D eigenvalue weighted by molar-refractivity contribution is 14.1. The number of hydrogen-bond acceptors (Lipinski definition) is 1. The van der Waals surface area contributed by atoms with Gasteiger partial charge in [0.05, 0.1) is 0 Å². The molecule has 3 rings (SSSR count). The van der Waals surface area contributed by atoms with Gasteiger partial charge in [-0.3, -0.25) is 0 Å². The molecule has 80 valence electrons. The van der Waals surface area contributed by atoms with E-state index in [0.717, 1.165) is 5.75 Å². The van der Waals surface area contributed by atoms with Crippen LogP contribution in [0.25, 0.3) is 0 Å². The van der Waals surface area contributed by atoms with Crippen molar-refractivity contribution in [3.05, 3.63) is 29.8 Å². The summed E-state index contributed by atoms with van der Waals surface area (Å²) in [6.45, 7) is 0. The lowest BCUT2D eigenvalue weighted by Crippen LogP contribution is -2.36. The molecule has 1 saturated carbocycles. The highest BCUT2D eigenvalue weighted by Crippen LogP contribution is 2.48. The molecule has 0 aromatic heterocycles. The molecule has 3 heteroatoms. The third-order valence-corrected chi connectivity index (χ3v) is 5.29. The van der Waals surface area contributed by atoms with Crippen LogP contribution >= 0.6 is 38.5 Å². The number of alkyl halides is 2. The fourth-order valence-electron chi connectivity index (χ4n) is 2.64. The van der Waals surface area contributed by atoms with Gasteiger partial charge in [-0.25, -0.2) is 0 Å². The number of ether oxygens (including phenoxy) is 1. The van der Waals surface area contributed by atoms with Crippen molar-refractivity contribution in [3.63, 3.8) is 0 Å². The lowest BCUT2D eigenvalue weighted by atomic mass is 9.83. The average molecular weight is 379 g/mol. The second kappa shape index (κ2) is 3.91. The molecule has 0 spiro atoms. The molecule has 0 radical (unpaired) electrons. The Morgan fingerprint density at radius 2 is 2.07 bits per heavy atom. The van der Waals surface area contributed by atoms with Crippen LogP contribution in [0.4, 0.5) is 0 Å². The molecule has 1 nitrogen and oxygen atoms in total. The van der Waals surface area contributed by atoms with Crippen LogP contribution in [0, 0.1) is 0 Å². The molecule has 1 aliphatic carbocycles. The van der Waals surface area contributed by atoms with E-state index in [1.807, 2.05) is 0 Å². The molecule has 1 heterocycles. The Kier molecular flexibility index (Phi) is 2.71. The maximum atomic E-state index is 6.04. The molecule has 1 aromatic carbocycles. The molecule has 0 N–H and O–H groups in total. The predicted octanol–water partition coefficient (Wildman–Crippen LogP) is 3.89. The van der Waals surface area contributed by atoms with Crippen LogP contribution in [-0.2, 0) is 0 Å². The van der Waals surface area contributed by atoms with Gasteiger partial charge in [-0.15, -0.1) is 0 Å². The fraction of sp³-hybridized carbons (Fsp3) is 0.500. The van der Waals surface area contributed by atoms with E-state index in [-0.39, 0.29) is 0 Å². The Labute approximate surface area is 112 Å². The maximum Gasteiger partial charge on any atom is 0.123 e. The first-order valence-electron chi connectivity index (χ1n) is 5.29. The number of rotatable bonds is 0. The zero-order valence-electron chi connectivity index (χ0n) is 8.20. The Morgan fingerprint density at radius 3 is 2.93 bits per heavy atom. The van der Waals surface area contributed by atoms with Crippen LogP contribution in [0.1, 0.15) is 24.3 Å². The van der Waals surface area contributed by atoms with Crippen LogP contribution in [0.3, 0.4) is 0 Å². The summed E-state index contributed by atoms with van der Waals surface area (Å²) in [6.07, 6.45) is 2.83. The number of para-hydroxylation sites is 1. The van der Waals surface area contributed by atoms with Crippen LogP contribution in [0.5, 0.6) is 5.75 Å². The van der Waals surface area contributed by atoms with Gasteiger partial charge in [-0.1, -0.05) is 56.7 Å². The van der Waals surface area contributed by atoms with Gasteiger partial charge in [0.1, 0.15) is 11.9 Å². The first-order chi connectivity index (χ1) is 7.25. The highest BCUT2D eigenvalue weighted by atomic mass is 127. The summed E-state index contributed by atoms with van der Waals surface area (Å²) in [4.78, 5) is 0.649. The molecule has 4 atom stereocenters. The Balaban J connectivity index is 1.98. The summed E-state index contributed by atoms with van der Waals surface area (Å²) in [7, 11) is 0. The first kappa shape index (κ1) is 10.4. The van der Waals surface area contributed by atoms with Gasteiger partial charge in [-0.05, 0) is 18.9 Å². The lowest BCUT2D eigenvalue weighted by molar-refractivity contribution is 0.179. The fourth-order valence-corrected chi connectivity index (χ4v) is 5.40. The molecule has 4 unspecified atom stereocenters. The monoisotopic (exact) mass is 378 g/mol. The minimum absolute atomic E-state index is 0.400. The van der Waals surface area contributed by atoms with E-state index in [1.165, 1.54) is 18.4 Å². The van der Waals surface area contributed by atoms with Crippen LogP contribution < -0.4 is 4.74 Å². The van der Waals surface area contributed by atoms with Gasteiger partial charge < -0.3 is 4.74 Å². The van der Waals surface area contributed by atoms with Crippen LogP contribution in [-0.4, -0.2) is 14.9 Å². The van der Waals surface area contributed by atoms with Crippen molar-refractivity contribution in [2.24, 2.45) is 0 Å². The normalized spacial score (nSPS) is 38.0. The first-order valence-corrected chi connectivity index (χ1v) is 7.45. The third-order valence-electron chi connectivity index (χ3n) is 3.33. The Morgan fingerprint density at radius 1 is 1.27 bits per heavy atom. The molecule has 0 bridgehead atoms. The van der Waals surface area contributed by atoms with Crippen molar-refractivity contribution < 1.29 is 4.74 Å².